The van der Waals surface area contributed by atoms with Gasteiger partial charge in [0.05, 0.1) is 0 Å². The molecule has 0 spiro atoms. The summed E-state index contributed by atoms with van der Waals surface area (Å²) >= 11 is 0. The molecule has 6 nitrogen and oxygen atoms in total. The molecule has 1 fully saturated rings. The first-order valence-corrected chi connectivity index (χ1v) is 10.5. The molecule has 4 rings (SSSR count). The van der Waals surface area contributed by atoms with Gasteiger partial charge in [0.15, 0.2) is 0 Å². The Balaban J connectivity index is 1.31. The van der Waals surface area contributed by atoms with E-state index in [1.165, 1.54) is 16.8 Å². The summed E-state index contributed by atoms with van der Waals surface area (Å²) in [4.78, 5) is 21.5. The monoisotopic (exact) mass is 404 g/mol. The summed E-state index contributed by atoms with van der Waals surface area (Å²) in [5.74, 6) is 1.21. The third-order valence-corrected chi connectivity index (χ3v) is 5.64. The lowest BCUT2D eigenvalue weighted by atomic mass is 10.1. The third kappa shape index (κ3) is 4.53. The van der Waals surface area contributed by atoms with Crippen LogP contribution < -0.4 is 4.90 Å². The fourth-order valence-corrected chi connectivity index (χ4v) is 3.92. The number of rotatable bonds is 5. The maximum atomic E-state index is 12.7. The number of anilines is 1. The number of aromatic nitrogens is 2. The van der Waals surface area contributed by atoms with Crippen molar-refractivity contribution in [1.29, 1.82) is 0 Å². The first-order valence-electron chi connectivity index (χ1n) is 10.5. The quantitative estimate of drug-likeness (QED) is 0.643. The topological polar surface area (TPSA) is 62.5 Å². The molecule has 1 aliphatic rings. The normalized spacial score (nSPS) is 16.7. The molecule has 0 N–H and O–H groups in total. The molecule has 1 aromatic heterocycles. The number of amides is 1. The molecule has 1 atom stereocenters. The van der Waals surface area contributed by atoms with Crippen molar-refractivity contribution < 1.29 is 9.32 Å². The van der Waals surface area contributed by atoms with E-state index in [0.29, 0.717) is 24.6 Å². The molecule has 1 unspecified atom stereocenters. The average Bonchev–Trinajstić information content (AvgIpc) is 3.21. The Labute approximate surface area is 177 Å². The minimum Gasteiger partial charge on any atom is -0.365 e. The van der Waals surface area contributed by atoms with Crippen LogP contribution in [0.4, 0.5) is 5.69 Å². The Morgan fingerprint density at radius 1 is 1.10 bits per heavy atom. The molecule has 0 aliphatic carbocycles. The predicted octanol–water partition coefficient (Wildman–Crippen LogP) is 4.02. The number of benzene rings is 2. The fraction of sp³-hybridized carbons (Fsp3) is 0.375. The van der Waals surface area contributed by atoms with Crippen LogP contribution in [0.2, 0.25) is 0 Å². The number of carbonyl (C=O) groups is 1. The van der Waals surface area contributed by atoms with Crippen LogP contribution in [0, 0.1) is 13.8 Å². The lowest BCUT2D eigenvalue weighted by molar-refractivity contribution is -0.132. The van der Waals surface area contributed by atoms with Gasteiger partial charge in [-0.05, 0) is 38.5 Å². The molecule has 1 amide bonds. The van der Waals surface area contributed by atoms with Crippen LogP contribution in [-0.2, 0) is 11.2 Å². The van der Waals surface area contributed by atoms with E-state index in [1.54, 1.807) is 0 Å². The van der Waals surface area contributed by atoms with Gasteiger partial charge >= 0.3 is 0 Å². The highest BCUT2D eigenvalue weighted by Crippen LogP contribution is 2.22. The zero-order valence-electron chi connectivity index (χ0n) is 17.8. The molecule has 2 heterocycles. The van der Waals surface area contributed by atoms with E-state index in [0.717, 1.165) is 25.2 Å². The standard InChI is InChI=1S/C24H28N4O2/c1-17-7-9-20(10-8-17)24-25-22(30-26-24)11-12-23(29)27-13-14-28(19(3)16-27)21-6-4-5-18(2)15-21/h4-10,15,19H,11-14,16H2,1-3H3. The molecule has 30 heavy (non-hydrogen) atoms. The largest absolute Gasteiger partial charge is 0.365 e. The summed E-state index contributed by atoms with van der Waals surface area (Å²) in [6.07, 6.45) is 0.844. The molecule has 1 saturated heterocycles. The van der Waals surface area contributed by atoms with Gasteiger partial charge in [0.2, 0.25) is 17.6 Å². The first kappa shape index (κ1) is 20.1. The number of carbonyl (C=O) groups excluding carboxylic acids is 1. The van der Waals surface area contributed by atoms with Crippen LogP contribution in [0.25, 0.3) is 11.4 Å². The van der Waals surface area contributed by atoms with Gasteiger partial charge in [-0.1, -0.05) is 47.1 Å². The molecule has 6 heteroatoms. The summed E-state index contributed by atoms with van der Waals surface area (Å²) in [6.45, 7) is 8.62. The summed E-state index contributed by atoms with van der Waals surface area (Å²) in [6, 6.07) is 16.8. The molecule has 0 saturated carbocycles. The average molecular weight is 405 g/mol. The van der Waals surface area contributed by atoms with Gasteiger partial charge in [-0.3, -0.25) is 4.79 Å². The van der Waals surface area contributed by atoms with E-state index in [2.05, 4.69) is 53.2 Å². The summed E-state index contributed by atoms with van der Waals surface area (Å²) in [5, 5.41) is 4.05. The third-order valence-electron chi connectivity index (χ3n) is 5.64. The van der Waals surface area contributed by atoms with Gasteiger partial charge < -0.3 is 14.3 Å². The van der Waals surface area contributed by atoms with E-state index in [1.807, 2.05) is 36.1 Å². The van der Waals surface area contributed by atoms with E-state index in [4.69, 9.17) is 4.52 Å². The van der Waals surface area contributed by atoms with Crippen LogP contribution in [-0.4, -0.2) is 46.6 Å². The smallest absolute Gasteiger partial charge is 0.227 e. The van der Waals surface area contributed by atoms with Crippen LogP contribution in [0.3, 0.4) is 0 Å². The zero-order valence-corrected chi connectivity index (χ0v) is 17.8. The second-order valence-corrected chi connectivity index (χ2v) is 8.10. The molecular weight excluding hydrogens is 376 g/mol. The maximum Gasteiger partial charge on any atom is 0.227 e. The van der Waals surface area contributed by atoms with Gasteiger partial charge in [-0.15, -0.1) is 0 Å². The molecule has 3 aromatic rings. The van der Waals surface area contributed by atoms with Gasteiger partial charge in [0.25, 0.3) is 0 Å². The number of hydrogen-bond acceptors (Lipinski definition) is 5. The summed E-state index contributed by atoms with van der Waals surface area (Å²) < 4.78 is 5.35. The highest BCUT2D eigenvalue weighted by atomic mass is 16.5. The Bertz CT molecular complexity index is 1010. The van der Waals surface area contributed by atoms with Crippen molar-refractivity contribution in [2.45, 2.75) is 39.7 Å². The van der Waals surface area contributed by atoms with Crippen molar-refractivity contribution in [3.05, 3.63) is 65.5 Å². The van der Waals surface area contributed by atoms with Crippen molar-refractivity contribution in [1.82, 2.24) is 15.0 Å². The number of aryl methyl sites for hydroxylation is 3. The minimum atomic E-state index is 0.140. The zero-order chi connectivity index (χ0) is 21.1. The SMILES string of the molecule is Cc1ccc(-c2noc(CCC(=O)N3CCN(c4cccc(C)c4)C(C)C3)n2)cc1. The second-order valence-electron chi connectivity index (χ2n) is 8.10. The van der Waals surface area contributed by atoms with E-state index in [9.17, 15) is 4.79 Å². The molecular formula is C24H28N4O2. The van der Waals surface area contributed by atoms with E-state index in [-0.39, 0.29) is 11.9 Å². The lowest BCUT2D eigenvalue weighted by Crippen LogP contribution is -2.53. The van der Waals surface area contributed by atoms with Crippen molar-refractivity contribution in [2.75, 3.05) is 24.5 Å². The van der Waals surface area contributed by atoms with Gasteiger partial charge in [-0.25, -0.2) is 0 Å². The molecule has 0 bridgehead atoms. The highest BCUT2D eigenvalue weighted by molar-refractivity contribution is 5.76. The predicted molar refractivity (Wildman–Crippen MR) is 117 cm³/mol. The number of nitrogens with zero attached hydrogens (tertiary/aromatic N) is 4. The lowest BCUT2D eigenvalue weighted by Gasteiger charge is -2.41. The number of piperazine rings is 1. The van der Waals surface area contributed by atoms with Crippen molar-refractivity contribution >= 4 is 11.6 Å². The van der Waals surface area contributed by atoms with Gasteiger partial charge in [-0.2, -0.15) is 4.98 Å². The summed E-state index contributed by atoms with van der Waals surface area (Å²) in [5.41, 5.74) is 4.58. The Morgan fingerprint density at radius 3 is 2.63 bits per heavy atom. The Kier molecular flexibility index (Phi) is 5.84. The van der Waals surface area contributed by atoms with E-state index < -0.39 is 0 Å². The van der Waals surface area contributed by atoms with Crippen LogP contribution in [0.15, 0.2) is 53.1 Å². The molecule has 156 valence electrons. The van der Waals surface area contributed by atoms with Crippen LogP contribution in [0.1, 0.15) is 30.4 Å². The van der Waals surface area contributed by atoms with Crippen molar-refractivity contribution in [3.63, 3.8) is 0 Å². The van der Waals surface area contributed by atoms with Crippen molar-refractivity contribution in [3.8, 4) is 11.4 Å². The van der Waals surface area contributed by atoms with Gasteiger partial charge in [0.1, 0.15) is 0 Å². The number of hydrogen-bond donors (Lipinski definition) is 0. The first-order chi connectivity index (χ1) is 14.5. The Morgan fingerprint density at radius 2 is 1.90 bits per heavy atom. The second kappa shape index (κ2) is 8.69. The van der Waals surface area contributed by atoms with Crippen molar-refractivity contribution in [2.24, 2.45) is 0 Å². The summed E-state index contributed by atoms with van der Waals surface area (Å²) in [7, 11) is 0. The van der Waals surface area contributed by atoms with E-state index >= 15 is 0 Å². The molecule has 2 aromatic carbocycles. The fourth-order valence-electron chi connectivity index (χ4n) is 3.92. The minimum absolute atomic E-state index is 0.140. The van der Waals surface area contributed by atoms with Crippen LogP contribution in [0.5, 0.6) is 0 Å². The Hall–Kier alpha value is -3.15. The van der Waals surface area contributed by atoms with Gasteiger partial charge in [0, 0.05) is 49.8 Å². The molecule has 1 aliphatic heterocycles. The highest BCUT2D eigenvalue weighted by Gasteiger charge is 2.27. The molecule has 0 radical (unpaired) electrons. The maximum absolute atomic E-state index is 12.7. The van der Waals surface area contributed by atoms with Crippen LogP contribution >= 0.6 is 0 Å².